The van der Waals surface area contributed by atoms with E-state index >= 15 is 0 Å². The molecule has 168 valence electrons. The monoisotopic (exact) mass is 454 g/mol. The summed E-state index contributed by atoms with van der Waals surface area (Å²) >= 11 is 1.39. The Morgan fingerprint density at radius 3 is 2.74 bits per heavy atom. The fourth-order valence-corrected chi connectivity index (χ4v) is 5.09. The topological polar surface area (TPSA) is 116 Å². The van der Waals surface area contributed by atoms with Crippen LogP contribution in [0.3, 0.4) is 0 Å². The number of thiazole rings is 1. The van der Waals surface area contributed by atoms with Crippen LogP contribution in [0.5, 0.6) is 0 Å². The Labute approximate surface area is 181 Å². The van der Waals surface area contributed by atoms with Crippen LogP contribution in [0.25, 0.3) is 0 Å². The number of amides is 2. The quantitative estimate of drug-likeness (QED) is 0.636. The number of rotatable bonds is 5. The highest BCUT2D eigenvalue weighted by atomic mass is 32.1. The largest absolute Gasteiger partial charge is 0.394 e. The van der Waals surface area contributed by atoms with Gasteiger partial charge in [-0.3, -0.25) is 5.32 Å². The molecule has 0 radical (unpaired) electrons. The lowest BCUT2D eigenvalue weighted by atomic mass is 9.86. The number of carbonyl (C=O) groups is 1. The van der Waals surface area contributed by atoms with Crippen molar-refractivity contribution in [3.05, 3.63) is 16.4 Å². The number of nitrogens with one attached hydrogen (secondary N) is 2. The van der Waals surface area contributed by atoms with Crippen LogP contribution < -0.4 is 15.5 Å². The summed E-state index contributed by atoms with van der Waals surface area (Å²) in [6, 6.07) is 0.0198. The van der Waals surface area contributed by atoms with Gasteiger partial charge in [0.2, 0.25) is 5.92 Å². The summed E-state index contributed by atoms with van der Waals surface area (Å²) in [5.74, 6) is -2.18. The van der Waals surface area contributed by atoms with Gasteiger partial charge in [0, 0.05) is 36.6 Å². The van der Waals surface area contributed by atoms with Gasteiger partial charge in [-0.25, -0.2) is 18.6 Å². The van der Waals surface area contributed by atoms with Gasteiger partial charge in [-0.15, -0.1) is 0 Å². The number of carbonyl (C=O) groups excluding carboxylic acids is 1. The third-order valence-corrected chi connectivity index (χ3v) is 7.27. The minimum atomic E-state index is -2.58. The zero-order valence-electron chi connectivity index (χ0n) is 16.9. The van der Waals surface area contributed by atoms with Crippen molar-refractivity contribution in [3.8, 4) is 0 Å². The Morgan fingerprint density at radius 2 is 2.03 bits per heavy atom. The van der Waals surface area contributed by atoms with E-state index in [0.29, 0.717) is 49.3 Å². The maximum Gasteiger partial charge on any atom is 0.324 e. The predicted molar refractivity (Wildman–Crippen MR) is 109 cm³/mol. The molecule has 31 heavy (non-hydrogen) atoms. The molecule has 3 N–H and O–H groups in total. The fourth-order valence-electron chi connectivity index (χ4n) is 4.07. The Hall–Kier alpha value is -2.34. The maximum atomic E-state index is 13.4. The number of aliphatic hydroxyl groups is 1. The van der Waals surface area contributed by atoms with Gasteiger partial charge in [-0.2, -0.15) is 4.98 Å². The highest BCUT2D eigenvalue weighted by Gasteiger charge is 2.43. The first kappa shape index (κ1) is 20.6. The smallest absolute Gasteiger partial charge is 0.324 e. The second kappa shape index (κ2) is 7.66. The molecule has 1 aliphatic heterocycles. The van der Waals surface area contributed by atoms with Crippen LogP contribution >= 0.6 is 11.3 Å². The molecule has 0 aromatic carbocycles. The van der Waals surface area contributed by atoms with Crippen molar-refractivity contribution >= 4 is 28.5 Å². The Morgan fingerprint density at radius 1 is 1.26 bits per heavy atom. The molecule has 2 aliphatic carbocycles. The van der Waals surface area contributed by atoms with E-state index < -0.39 is 11.5 Å². The number of fused-ring (bicyclic) bond motifs is 1. The second-order valence-corrected chi connectivity index (χ2v) is 9.73. The van der Waals surface area contributed by atoms with Crippen LogP contribution in [0.15, 0.2) is 4.52 Å². The molecule has 0 saturated heterocycles. The molecule has 3 heterocycles. The summed E-state index contributed by atoms with van der Waals surface area (Å²) in [6.45, 7) is 1.10. The third kappa shape index (κ3) is 4.36. The van der Waals surface area contributed by atoms with Gasteiger partial charge in [-0.1, -0.05) is 16.5 Å². The number of nitrogens with zero attached hydrogens (tertiary/aromatic N) is 4. The normalized spacial score (nSPS) is 22.1. The third-order valence-electron chi connectivity index (χ3n) is 6.27. The molecule has 5 rings (SSSR count). The summed E-state index contributed by atoms with van der Waals surface area (Å²) in [5.41, 5.74) is 0.441. The maximum absolute atomic E-state index is 13.4. The number of hydrogen-bond acceptors (Lipinski definition) is 8. The van der Waals surface area contributed by atoms with Crippen molar-refractivity contribution in [3.63, 3.8) is 0 Å². The first-order valence-corrected chi connectivity index (χ1v) is 11.3. The second-order valence-electron chi connectivity index (χ2n) is 8.64. The zero-order chi connectivity index (χ0) is 21.6. The van der Waals surface area contributed by atoms with Crippen molar-refractivity contribution in [2.24, 2.45) is 0 Å². The van der Waals surface area contributed by atoms with E-state index in [1.54, 1.807) is 0 Å². The molecule has 9 nitrogen and oxygen atoms in total. The summed E-state index contributed by atoms with van der Waals surface area (Å²) < 4.78 is 32.2. The summed E-state index contributed by atoms with van der Waals surface area (Å²) in [5, 5.41) is 19.4. The first-order valence-electron chi connectivity index (χ1n) is 10.5. The molecule has 0 bridgehead atoms. The van der Waals surface area contributed by atoms with Gasteiger partial charge in [0.15, 0.2) is 11.0 Å². The lowest BCUT2D eigenvalue weighted by Gasteiger charge is -2.26. The molecule has 2 amide bonds. The van der Waals surface area contributed by atoms with E-state index in [-0.39, 0.29) is 31.4 Å². The average molecular weight is 455 g/mol. The SMILES string of the molecule is O=C(Nc1nc2c(s1)CN(c1nc(C3CCC(F)(F)CC3)no1)CC2)NC1(CO)CC1. The number of halogens is 2. The molecular formula is C19H24F2N6O3S. The highest BCUT2D eigenvalue weighted by Crippen LogP contribution is 2.40. The van der Waals surface area contributed by atoms with Crippen LogP contribution in [0.1, 0.15) is 60.8 Å². The van der Waals surface area contributed by atoms with E-state index in [9.17, 15) is 18.7 Å². The Bertz CT molecular complexity index is 966. The van der Waals surface area contributed by atoms with Gasteiger partial charge in [0.1, 0.15) is 0 Å². The number of hydrogen-bond donors (Lipinski definition) is 3. The molecule has 2 aromatic heterocycles. The van der Waals surface area contributed by atoms with Gasteiger partial charge in [0.05, 0.1) is 24.4 Å². The molecule has 0 atom stereocenters. The standard InChI is InChI=1S/C19H24F2N6O3S/c20-19(21)4-1-11(2-5-19)14-23-17(30-26-14)27-8-3-12-13(9-27)31-16(22-12)24-15(29)25-18(10-28)6-7-18/h11,28H,1-10H2,(H2,22,24,25,29). The molecule has 0 spiro atoms. The van der Waals surface area contributed by atoms with Crippen molar-refractivity contribution in [1.82, 2.24) is 20.4 Å². The van der Waals surface area contributed by atoms with Crippen molar-refractivity contribution in [2.45, 2.75) is 68.9 Å². The van der Waals surface area contributed by atoms with Crippen LogP contribution in [0.2, 0.25) is 0 Å². The van der Waals surface area contributed by atoms with Crippen LogP contribution in [-0.2, 0) is 13.0 Å². The summed E-state index contributed by atoms with van der Waals surface area (Å²) in [7, 11) is 0. The number of alkyl halides is 2. The van der Waals surface area contributed by atoms with E-state index in [0.717, 1.165) is 23.4 Å². The van der Waals surface area contributed by atoms with Crippen LogP contribution in [0.4, 0.5) is 24.7 Å². The minimum absolute atomic E-state index is 0.0702. The highest BCUT2D eigenvalue weighted by molar-refractivity contribution is 7.15. The number of aliphatic hydroxyl groups excluding tert-OH is 1. The summed E-state index contributed by atoms with van der Waals surface area (Å²) in [4.78, 5) is 24.1. The van der Waals surface area contributed by atoms with Gasteiger partial charge >= 0.3 is 12.0 Å². The van der Waals surface area contributed by atoms with Crippen molar-refractivity contribution < 1.29 is 23.2 Å². The molecule has 2 aromatic rings. The fraction of sp³-hybridized carbons (Fsp3) is 0.684. The minimum Gasteiger partial charge on any atom is -0.394 e. The first-order chi connectivity index (χ1) is 14.8. The van der Waals surface area contributed by atoms with Crippen LogP contribution in [-0.4, -0.2) is 50.9 Å². The molecule has 3 aliphatic rings. The lowest BCUT2D eigenvalue weighted by molar-refractivity contribution is -0.0389. The van der Waals surface area contributed by atoms with Gasteiger partial charge < -0.3 is 19.8 Å². The number of aromatic nitrogens is 3. The van der Waals surface area contributed by atoms with E-state index in [4.69, 9.17) is 4.52 Å². The van der Waals surface area contributed by atoms with E-state index in [1.807, 2.05) is 4.90 Å². The van der Waals surface area contributed by atoms with E-state index in [2.05, 4.69) is 25.8 Å². The van der Waals surface area contributed by atoms with Gasteiger partial charge in [-0.05, 0) is 25.7 Å². The van der Waals surface area contributed by atoms with Gasteiger partial charge in [0.25, 0.3) is 0 Å². The van der Waals surface area contributed by atoms with Crippen molar-refractivity contribution in [1.29, 1.82) is 0 Å². The van der Waals surface area contributed by atoms with Crippen LogP contribution in [0, 0.1) is 0 Å². The Kier molecular flexibility index (Phi) is 5.08. The molecule has 12 heteroatoms. The molecular weight excluding hydrogens is 430 g/mol. The molecule has 2 fully saturated rings. The number of urea groups is 1. The predicted octanol–water partition coefficient (Wildman–Crippen LogP) is 3.03. The van der Waals surface area contributed by atoms with E-state index in [1.165, 1.54) is 11.3 Å². The van der Waals surface area contributed by atoms with Crippen molar-refractivity contribution in [2.75, 3.05) is 23.4 Å². The lowest BCUT2D eigenvalue weighted by Crippen LogP contribution is -2.42. The Balaban J connectivity index is 1.20. The number of anilines is 2. The summed E-state index contributed by atoms with van der Waals surface area (Å²) in [6.07, 6.45) is 2.66. The molecule has 0 unspecified atom stereocenters. The molecule has 2 saturated carbocycles. The average Bonchev–Trinajstić information content (AvgIpc) is 3.15. The zero-order valence-corrected chi connectivity index (χ0v) is 17.7.